The summed E-state index contributed by atoms with van der Waals surface area (Å²) in [4.78, 5) is -0.571. The van der Waals surface area contributed by atoms with E-state index in [-0.39, 0.29) is 28.2 Å². The van der Waals surface area contributed by atoms with Gasteiger partial charge in [0.2, 0.25) is 9.84 Å². The summed E-state index contributed by atoms with van der Waals surface area (Å²) >= 11 is 0. The Morgan fingerprint density at radius 3 is 1.22 bits per heavy atom. The Morgan fingerprint density at radius 2 is 0.892 bits per heavy atom. The molecule has 0 saturated carbocycles. The molecule has 0 aliphatic heterocycles. The van der Waals surface area contributed by atoms with Crippen molar-refractivity contribution in [3.63, 3.8) is 0 Å². The Morgan fingerprint density at radius 1 is 0.568 bits per heavy atom. The van der Waals surface area contributed by atoms with Gasteiger partial charge in [-0.05, 0) is 64.2 Å². The summed E-state index contributed by atoms with van der Waals surface area (Å²) in [6, 6.07) is 19.3. The number of sulfone groups is 1. The number of halogens is 5. The molecule has 192 valence electrons. The second-order valence-electron chi connectivity index (χ2n) is 8.25. The molecule has 4 rings (SSSR count). The van der Waals surface area contributed by atoms with Gasteiger partial charge >= 0.3 is 11.9 Å². The van der Waals surface area contributed by atoms with Crippen LogP contribution in [-0.4, -0.2) is 30.6 Å². The van der Waals surface area contributed by atoms with Crippen molar-refractivity contribution in [3.05, 3.63) is 114 Å². The summed E-state index contributed by atoms with van der Waals surface area (Å²) in [5, 5.41) is 19.3. The van der Waals surface area contributed by atoms with Crippen molar-refractivity contribution in [2.75, 3.05) is 0 Å². The first-order chi connectivity index (χ1) is 17.4. The highest BCUT2D eigenvalue weighted by Gasteiger charge is 2.58. The van der Waals surface area contributed by atoms with Crippen LogP contribution in [0.5, 0.6) is 11.5 Å². The van der Waals surface area contributed by atoms with Crippen LogP contribution in [0.4, 0.5) is 22.0 Å². The van der Waals surface area contributed by atoms with Crippen LogP contribution in [-0.2, 0) is 15.3 Å². The van der Waals surface area contributed by atoms with Crippen LogP contribution < -0.4 is 0 Å². The van der Waals surface area contributed by atoms with E-state index in [4.69, 9.17) is 0 Å². The van der Waals surface area contributed by atoms with Crippen molar-refractivity contribution in [2.24, 2.45) is 0 Å². The fourth-order valence-corrected chi connectivity index (χ4v) is 4.99. The van der Waals surface area contributed by atoms with E-state index in [1.54, 1.807) is 0 Å². The molecule has 0 heterocycles. The standard InChI is InChI=1S/C27H19F5O4S/c28-25(29)37(35,36)24-15-3-18(4-16-24)17-1-5-19(6-2-17)26(27(30,31)32,20-7-11-22(33)12-8-20)21-9-13-23(34)14-10-21/h1-16,25,33-34H. The van der Waals surface area contributed by atoms with E-state index in [1.807, 2.05) is 0 Å². The molecule has 4 aromatic rings. The van der Waals surface area contributed by atoms with Crippen LogP contribution in [0.2, 0.25) is 0 Å². The van der Waals surface area contributed by atoms with Gasteiger partial charge in [0.1, 0.15) is 16.9 Å². The topological polar surface area (TPSA) is 74.6 Å². The van der Waals surface area contributed by atoms with Crippen molar-refractivity contribution in [1.82, 2.24) is 0 Å². The zero-order valence-electron chi connectivity index (χ0n) is 18.8. The third-order valence-electron chi connectivity index (χ3n) is 6.09. The second-order valence-corrected chi connectivity index (χ2v) is 10.2. The molecule has 10 heteroatoms. The van der Waals surface area contributed by atoms with Crippen LogP contribution in [0.3, 0.4) is 0 Å². The van der Waals surface area contributed by atoms with Gasteiger partial charge in [0, 0.05) is 0 Å². The lowest BCUT2D eigenvalue weighted by Gasteiger charge is -2.37. The number of aromatic hydroxyl groups is 2. The smallest absolute Gasteiger partial charge is 0.406 e. The second kappa shape index (κ2) is 9.51. The molecule has 0 unspecified atom stereocenters. The monoisotopic (exact) mass is 534 g/mol. The van der Waals surface area contributed by atoms with E-state index in [2.05, 4.69) is 0 Å². The van der Waals surface area contributed by atoms with E-state index >= 15 is 13.2 Å². The van der Waals surface area contributed by atoms with E-state index < -0.39 is 32.1 Å². The molecule has 0 radical (unpaired) electrons. The first kappa shape index (κ1) is 26.2. The molecule has 0 spiro atoms. The highest BCUT2D eigenvalue weighted by molar-refractivity contribution is 7.91. The molecule has 0 aromatic heterocycles. The van der Waals surface area contributed by atoms with Crippen molar-refractivity contribution >= 4 is 9.84 Å². The summed E-state index contributed by atoms with van der Waals surface area (Å²) in [5.41, 5.74) is -2.32. The third-order valence-corrected chi connectivity index (χ3v) is 7.49. The van der Waals surface area contributed by atoms with Crippen molar-refractivity contribution < 1.29 is 40.6 Å². The van der Waals surface area contributed by atoms with Gasteiger partial charge in [-0.1, -0.05) is 60.7 Å². The first-order valence-corrected chi connectivity index (χ1v) is 12.3. The van der Waals surface area contributed by atoms with E-state index in [0.717, 1.165) is 36.4 Å². The van der Waals surface area contributed by atoms with Crippen LogP contribution >= 0.6 is 0 Å². The quantitative estimate of drug-likeness (QED) is 0.214. The van der Waals surface area contributed by atoms with Gasteiger partial charge in [0.15, 0.2) is 0 Å². The summed E-state index contributed by atoms with van der Waals surface area (Å²) in [6.45, 7) is 0. The molecular formula is C27H19F5O4S. The lowest BCUT2D eigenvalue weighted by molar-refractivity contribution is -0.166. The van der Waals surface area contributed by atoms with Crippen LogP contribution in [0, 0.1) is 0 Å². The Bertz CT molecular complexity index is 1430. The molecule has 4 aromatic carbocycles. The largest absolute Gasteiger partial charge is 0.508 e. The van der Waals surface area contributed by atoms with Crippen LogP contribution in [0.15, 0.2) is 102 Å². The Labute approximate surface area is 209 Å². The maximum Gasteiger partial charge on any atom is 0.406 e. The minimum absolute atomic E-state index is 0.156. The van der Waals surface area contributed by atoms with Crippen molar-refractivity contribution in [2.45, 2.75) is 22.2 Å². The van der Waals surface area contributed by atoms with Gasteiger partial charge in [0.05, 0.1) is 4.90 Å². The van der Waals surface area contributed by atoms with E-state index in [1.165, 1.54) is 60.7 Å². The molecule has 0 aliphatic carbocycles. The number of rotatable bonds is 6. The van der Waals surface area contributed by atoms with Crippen LogP contribution in [0.25, 0.3) is 11.1 Å². The molecule has 0 amide bonds. The first-order valence-electron chi connectivity index (χ1n) is 10.8. The Hall–Kier alpha value is -3.92. The molecule has 0 atom stereocenters. The zero-order valence-corrected chi connectivity index (χ0v) is 19.6. The Kier molecular flexibility index (Phi) is 6.72. The minimum Gasteiger partial charge on any atom is -0.508 e. The summed E-state index contributed by atoms with van der Waals surface area (Å²) in [6.07, 6.45) is -4.85. The molecule has 0 bridgehead atoms. The normalized spacial score (nSPS) is 12.6. The minimum atomic E-state index is -4.85. The molecular weight excluding hydrogens is 515 g/mol. The highest BCUT2D eigenvalue weighted by atomic mass is 32.2. The average molecular weight is 535 g/mol. The number of hydrogen-bond donors (Lipinski definition) is 2. The van der Waals surface area contributed by atoms with Gasteiger partial charge in [-0.25, -0.2) is 8.42 Å². The Balaban J connectivity index is 1.86. The molecule has 0 fully saturated rings. The zero-order chi connectivity index (χ0) is 27.0. The van der Waals surface area contributed by atoms with E-state index in [0.29, 0.717) is 11.1 Å². The summed E-state index contributed by atoms with van der Waals surface area (Å²) in [7, 11) is -4.78. The fraction of sp³-hybridized carbons (Fsp3) is 0.111. The summed E-state index contributed by atoms with van der Waals surface area (Å²) < 4.78 is 94.0. The predicted octanol–water partition coefficient (Wildman–Crippen LogP) is 6.66. The lowest BCUT2D eigenvalue weighted by atomic mass is 9.68. The third kappa shape index (κ3) is 4.64. The van der Waals surface area contributed by atoms with Crippen molar-refractivity contribution in [3.8, 4) is 22.6 Å². The number of hydrogen-bond acceptors (Lipinski definition) is 4. The fourth-order valence-electron chi connectivity index (χ4n) is 4.27. The molecule has 4 nitrogen and oxygen atoms in total. The van der Waals surface area contributed by atoms with Gasteiger partial charge in [-0.2, -0.15) is 22.0 Å². The van der Waals surface area contributed by atoms with Crippen LogP contribution in [0.1, 0.15) is 16.7 Å². The number of phenols is 2. The maximum absolute atomic E-state index is 15.0. The average Bonchev–Trinajstić information content (AvgIpc) is 2.86. The summed E-state index contributed by atoms with van der Waals surface area (Å²) in [5.74, 6) is -4.00. The van der Waals surface area contributed by atoms with Crippen molar-refractivity contribution in [1.29, 1.82) is 0 Å². The van der Waals surface area contributed by atoms with E-state index in [9.17, 15) is 27.4 Å². The molecule has 0 saturated heterocycles. The van der Waals surface area contributed by atoms with Gasteiger partial charge in [-0.15, -0.1) is 0 Å². The van der Waals surface area contributed by atoms with Gasteiger partial charge < -0.3 is 10.2 Å². The number of alkyl halides is 5. The molecule has 2 N–H and O–H groups in total. The van der Waals surface area contributed by atoms with Gasteiger partial charge in [-0.3, -0.25) is 0 Å². The predicted molar refractivity (Wildman–Crippen MR) is 127 cm³/mol. The SMILES string of the molecule is O=S(=O)(c1ccc(-c2ccc(C(c3ccc(O)cc3)(c3ccc(O)cc3)C(F)(F)F)cc2)cc1)C(F)F. The van der Waals surface area contributed by atoms with Gasteiger partial charge in [0.25, 0.3) is 0 Å². The molecule has 37 heavy (non-hydrogen) atoms. The maximum atomic E-state index is 15.0. The number of phenolic OH excluding ortho intramolecular Hbond substituents is 2. The highest BCUT2D eigenvalue weighted by Crippen LogP contribution is 2.51. The lowest BCUT2D eigenvalue weighted by Crippen LogP contribution is -2.44. The molecule has 0 aliphatic rings. The number of benzene rings is 4.